The van der Waals surface area contributed by atoms with Gasteiger partial charge in [-0.25, -0.2) is 9.97 Å². The summed E-state index contributed by atoms with van der Waals surface area (Å²) in [6.45, 7) is 0.699. The van der Waals surface area contributed by atoms with Gasteiger partial charge in [-0.05, 0) is 0 Å². The number of amides is 2. The van der Waals surface area contributed by atoms with E-state index in [1.54, 1.807) is 25.0 Å². The molecule has 2 amide bonds. The maximum Gasteiger partial charge on any atom is 0.290 e. The Hall–Kier alpha value is -3.17. The van der Waals surface area contributed by atoms with Crippen LogP contribution in [0.1, 0.15) is 17.8 Å². The highest BCUT2D eigenvalue weighted by molar-refractivity contribution is 5.96. The van der Waals surface area contributed by atoms with Crippen LogP contribution >= 0.6 is 0 Å². The minimum Gasteiger partial charge on any atom is -0.483 e. The summed E-state index contributed by atoms with van der Waals surface area (Å²) in [4.78, 5) is 45.1. The molecular formula is C14H20N6O4. The van der Waals surface area contributed by atoms with Crippen molar-refractivity contribution in [3.63, 3.8) is 0 Å². The molecule has 0 bridgehead atoms. The second-order valence-corrected chi connectivity index (χ2v) is 4.64. The summed E-state index contributed by atoms with van der Waals surface area (Å²) in [5, 5.41) is 12.3. The molecule has 130 valence electrons. The fourth-order valence-electron chi connectivity index (χ4n) is 1.79. The van der Waals surface area contributed by atoms with E-state index < -0.39 is 0 Å². The van der Waals surface area contributed by atoms with Gasteiger partial charge in [0.15, 0.2) is 0 Å². The molecule has 0 aliphatic heterocycles. The Bertz CT molecular complexity index is 547. The fourth-order valence-corrected chi connectivity index (χ4v) is 1.79. The van der Waals surface area contributed by atoms with Gasteiger partial charge in [-0.15, -0.1) is 0 Å². The third kappa shape index (κ3) is 8.32. The number of rotatable bonds is 8. The van der Waals surface area contributed by atoms with Crippen LogP contribution in [0.25, 0.3) is 0 Å². The quantitative estimate of drug-likeness (QED) is 0.315. The van der Waals surface area contributed by atoms with Gasteiger partial charge in [0.1, 0.15) is 6.42 Å². The summed E-state index contributed by atoms with van der Waals surface area (Å²) >= 11 is 0. The number of aromatic nitrogens is 4. The SMILES string of the molecule is O=C(CC(=O)NCCc1cnc[nH]1)NCCc1cnc[nH]1.O=CO. The molecule has 0 aliphatic carbocycles. The summed E-state index contributed by atoms with van der Waals surface area (Å²) in [5.74, 6) is -0.567. The lowest BCUT2D eigenvalue weighted by Gasteiger charge is -2.05. The molecule has 10 heteroatoms. The van der Waals surface area contributed by atoms with Crippen LogP contribution in [0.4, 0.5) is 0 Å². The van der Waals surface area contributed by atoms with Crippen LogP contribution in [0.2, 0.25) is 0 Å². The number of carbonyl (C=O) groups excluding carboxylic acids is 2. The van der Waals surface area contributed by atoms with Gasteiger partial charge in [0.05, 0.1) is 12.7 Å². The summed E-state index contributed by atoms with van der Waals surface area (Å²) in [5.41, 5.74) is 1.89. The lowest BCUT2D eigenvalue weighted by molar-refractivity contribution is -0.129. The molecule has 2 rings (SSSR count). The second kappa shape index (κ2) is 11.4. The molecule has 2 heterocycles. The normalized spacial score (nSPS) is 9.50. The molecule has 0 aromatic carbocycles. The van der Waals surface area contributed by atoms with E-state index in [0.717, 1.165) is 11.4 Å². The summed E-state index contributed by atoms with van der Waals surface area (Å²) in [6, 6.07) is 0. The average Bonchev–Trinajstić information content (AvgIpc) is 3.21. The number of H-pyrrole nitrogens is 2. The first-order valence-electron chi connectivity index (χ1n) is 7.21. The van der Waals surface area contributed by atoms with Crippen molar-refractivity contribution in [1.29, 1.82) is 0 Å². The fraction of sp³-hybridized carbons (Fsp3) is 0.357. The maximum absolute atomic E-state index is 11.6. The van der Waals surface area contributed by atoms with Crippen molar-refractivity contribution in [3.8, 4) is 0 Å². The number of nitrogens with zero attached hydrogens (tertiary/aromatic N) is 2. The Kier molecular flexibility index (Phi) is 8.97. The monoisotopic (exact) mass is 336 g/mol. The number of nitrogens with one attached hydrogen (secondary N) is 4. The molecule has 5 N–H and O–H groups in total. The molecule has 0 radical (unpaired) electrons. The molecule has 0 saturated carbocycles. The third-order valence-electron chi connectivity index (χ3n) is 2.86. The first-order valence-corrected chi connectivity index (χ1v) is 7.21. The van der Waals surface area contributed by atoms with Gasteiger partial charge >= 0.3 is 0 Å². The highest BCUT2D eigenvalue weighted by atomic mass is 16.3. The predicted molar refractivity (Wildman–Crippen MR) is 83.9 cm³/mol. The van der Waals surface area contributed by atoms with Crippen LogP contribution in [0.15, 0.2) is 25.0 Å². The number of carbonyl (C=O) groups is 3. The van der Waals surface area contributed by atoms with E-state index in [2.05, 4.69) is 30.6 Å². The zero-order valence-electron chi connectivity index (χ0n) is 13.0. The molecule has 0 unspecified atom stereocenters. The summed E-state index contributed by atoms with van der Waals surface area (Å²) < 4.78 is 0. The average molecular weight is 336 g/mol. The Balaban J connectivity index is 0.000000891. The van der Waals surface area contributed by atoms with Crippen molar-refractivity contribution in [2.45, 2.75) is 19.3 Å². The Morgan fingerprint density at radius 1 is 1.00 bits per heavy atom. The van der Waals surface area contributed by atoms with Crippen molar-refractivity contribution >= 4 is 18.3 Å². The summed E-state index contributed by atoms with van der Waals surface area (Å²) in [6.07, 6.45) is 7.74. The molecule has 0 saturated heterocycles. The van der Waals surface area contributed by atoms with E-state index in [-0.39, 0.29) is 24.7 Å². The van der Waals surface area contributed by atoms with Gasteiger partial charge in [-0.3, -0.25) is 14.4 Å². The van der Waals surface area contributed by atoms with E-state index in [1.807, 2.05) is 0 Å². The highest BCUT2D eigenvalue weighted by Gasteiger charge is 2.08. The van der Waals surface area contributed by atoms with E-state index in [1.165, 1.54) is 0 Å². The molecule has 2 aromatic rings. The zero-order valence-corrected chi connectivity index (χ0v) is 13.0. The van der Waals surface area contributed by atoms with Gasteiger partial charge in [0.2, 0.25) is 11.8 Å². The predicted octanol–water partition coefficient (Wildman–Crippen LogP) is -0.759. The molecule has 0 spiro atoms. The van der Waals surface area contributed by atoms with Gasteiger partial charge in [0, 0.05) is 49.7 Å². The largest absolute Gasteiger partial charge is 0.483 e. The lowest BCUT2D eigenvalue weighted by atomic mass is 10.3. The first kappa shape index (κ1) is 18.9. The highest BCUT2D eigenvalue weighted by Crippen LogP contribution is 1.92. The molecule has 0 fully saturated rings. The van der Waals surface area contributed by atoms with Crippen molar-refractivity contribution in [2.24, 2.45) is 0 Å². The lowest BCUT2D eigenvalue weighted by Crippen LogP contribution is -2.33. The van der Waals surface area contributed by atoms with Gasteiger partial charge in [0.25, 0.3) is 6.47 Å². The van der Waals surface area contributed by atoms with Crippen LogP contribution in [0.5, 0.6) is 0 Å². The van der Waals surface area contributed by atoms with Crippen LogP contribution in [-0.4, -0.2) is 56.4 Å². The first-order chi connectivity index (χ1) is 11.7. The molecule has 0 aliphatic rings. The topological polar surface area (TPSA) is 153 Å². The Morgan fingerprint density at radius 3 is 1.75 bits per heavy atom. The number of hydrogen-bond donors (Lipinski definition) is 5. The number of imidazole rings is 2. The smallest absolute Gasteiger partial charge is 0.290 e. The molecule has 10 nitrogen and oxygen atoms in total. The van der Waals surface area contributed by atoms with Gasteiger partial charge < -0.3 is 25.7 Å². The molecular weight excluding hydrogens is 316 g/mol. The van der Waals surface area contributed by atoms with Crippen molar-refractivity contribution in [3.05, 3.63) is 36.4 Å². The molecule has 24 heavy (non-hydrogen) atoms. The van der Waals surface area contributed by atoms with Crippen LogP contribution < -0.4 is 10.6 Å². The standard InChI is InChI=1S/C13H18N6O2.CH2O2/c20-12(16-3-1-10-6-14-8-18-10)5-13(21)17-4-2-11-7-15-9-19-11;2-1-3/h6-9H,1-5H2,(H,14,18)(H,15,19)(H,16,20)(H,17,21);1H,(H,2,3). The number of aromatic amines is 2. The summed E-state index contributed by atoms with van der Waals surface area (Å²) in [7, 11) is 0. The van der Waals surface area contributed by atoms with Crippen LogP contribution in [-0.2, 0) is 27.2 Å². The van der Waals surface area contributed by atoms with E-state index >= 15 is 0 Å². The van der Waals surface area contributed by atoms with Gasteiger partial charge in [-0.1, -0.05) is 0 Å². The molecule has 0 atom stereocenters. The third-order valence-corrected chi connectivity index (χ3v) is 2.86. The second-order valence-electron chi connectivity index (χ2n) is 4.64. The Morgan fingerprint density at radius 2 is 1.42 bits per heavy atom. The minimum atomic E-state index is -0.284. The van der Waals surface area contributed by atoms with Crippen molar-refractivity contribution in [2.75, 3.05) is 13.1 Å². The zero-order chi connectivity index (χ0) is 17.6. The Labute approximate surface area is 138 Å². The van der Waals surface area contributed by atoms with Crippen molar-refractivity contribution < 1.29 is 19.5 Å². The number of hydrogen-bond acceptors (Lipinski definition) is 5. The van der Waals surface area contributed by atoms with E-state index in [4.69, 9.17) is 9.90 Å². The van der Waals surface area contributed by atoms with Crippen LogP contribution in [0, 0.1) is 0 Å². The van der Waals surface area contributed by atoms with E-state index in [9.17, 15) is 9.59 Å². The maximum atomic E-state index is 11.6. The van der Waals surface area contributed by atoms with E-state index in [0.29, 0.717) is 25.9 Å². The molecule has 2 aromatic heterocycles. The van der Waals surface area contributed by atoms with Crippen molar-refractivity contribution in [1.82, 2.24) is 30.6 Å². The van der Waals surface area contributed by atoms with Gasteiger partial charge in [-0.2, -0.15) is 0 Å². The number of carboxylic acid groups (broad SMARTS) is 1. The van der Waals surface area contributed by atoms with Crippen LogP contribution in [0.3, 0.4) is 0 Å². The minimum absolute atomic E-state index is 0.161.